The molecule has 0 spiro atoms. The van der Waals surface area contributed by atoms with Crippen LogP contribution in [0, 0.1) is 0 Å². The SMILES string of the molecule is COC1=C(Cl)C(c2cc(Cl)ccc2Cl)C1=O. The lowest BCUT2D eigenvalue weighted by Crippen LogP contribution is -2.28. The Balaban J connectivity index is 2.45. The topological polar surface area (TPSA) is 26.3 Å². The number of allylic oxidation sites excluding steroid dienone is 2. The number of Topliss-reactive ketones (excluding diaryl/α,β-unsaturated/α-hetero) is 1. The zero-order valence-corrected chi connectivity index (χ0v) is 10.5. The van der Waals surface area contributed by atoms with Crippen LogP contribution >= 0.6 is 34.8 Å². The van der Waals surface area contributed by atoms with Gasteiger partial charge in [0.15, 0.2) is 5.76 Å². The molecular formula is C11H7Cl3O2. The summed E-state index contributed by atoms with van der Waals surface area (Å²) < 4.78 is 4.85. The van der Waals surface area contributed by atoms with Crippen molar-refractivity contribution in [1.82, 2.24) is 0 Å². The van der Waals surface area contributed by atoms with Crippen LogP contribution in [0.2, 0.25) is 10.0 Å². The standard InChI is InChI=1S/C11H7Cl3O2/c1-16-11-9(14)8(10(11)15)6-4-5(12)2-3-7(6)13/h2-4,8H,1H3. The highest BCUT2D eigenvalue weighted by molar-refractivity contribution is 6.40. The Morgan fingerprint density at radius 2 is 1.94 bits per heavy atom. The molecule has 0 saturated heterocycles. The molecule has 1 aromatic rings. The molecule has 1 aliphatic rings. The van der Waals surface area contributed by atoms with Crippen molar-refractivity contribution in [3.63, 3.8) is 0 Å². The highest BCUT2D eigenvalue weighted by atomic mass is 35.5. The van der Waals surface area contributed by atoms with Gasteiger partial charge in [0, 0.05) is 10.0 Å². The summed E-state index contributed by atoms with van der Waals surface area (Å²) in [7, 11) is 1.41. The van der Waals surface area contributed by atoms with Crippen molar-refractivity contribution in [2.24, 2.45) is 0 Å². The van der Waals surface area contributed by atoms with Crippen LogP contribution in [-0.4, -0.2) is 12.9 Å². The first-order chi connectivity index (χ1) is 7.56. The summed E-state index contributed by atoms with van der Waals surface area (Å²) in [6.07, 6.45) is 0. The Hall–Kier alpha value is -0.700. The first-order valence-electron chi connectivity index (χ1n) is 4.49. The van der Waals surface area contributed by atoms with Gasteiger partial charge in [0.1, 0.15) is 0 Å². The van der Waals surface area contributed by atoms with Gasteiger partial charge < -0.3 is 4.74 Å². The molecule has 0 amide bonds. The third-order valence-corrected chi connectivity index (χ3v) is 3.40. The number of carbonyl (C=O) groups is 1. The van der Waals surface area contributed by atoms with E-state index in [-0.39, 0.29) is 11.5 Å². The normalized spacial score (nSPS) is 19.8. The van der Waals surface area contributed by atoms with E-state index in [1.165, 1.54) is 7.11 Å². The summed E-state index contributed by atoms with van der Waals surface area (Å²) in [4.78, 5) is 11.7. The van der Waals surface area contributed by atoms with E-state index >= 15 is 0 Å². The number of ether oxygens (including phenoxy) is 1. The maximum absolute atomic E-state index is 11.7. The molecule has 1 aliphatic carbocycles. The van der Waals surface area contributed by atoms with Crippen LogP contribution in [-0.2, 0) is 9.53 Å². The van der Waals surface area contributed by atoms with Crippen LogP contribution in [0.15, 0.2) is 29.0 Å². The average molecular weight is 278 g/mol. The van der Waals surface area contributed by atoms with Crippen LogP contribution in [0.4, 0.5) is 0 Å². The first kappa shape index (κ1) is 11.8. The molecule has 0 radical (unpaired) electrons. The second-order valence-electron chi connectivity index (χ2n) is 3.34. The Morgan fingerprint density at radius 1 is 1.25 bits per heavy atom. The monoisotopic (exact) mass is 276 g/mol. The summed E-state index contributed by atoms with van der Waals surface area (Å²) in [6.45, 7) is 0. The van der Waals surface area contributed by atoms with Gasteiger partial charge in [0.05, 0.1) is 18.1 Å². The van der Waals surface area contributed by atoms with Crippen LogP contribution in [0.1, 0.15) is 11.5 Å². The van der Waals surface area contributed by atoms with Gasteiger partial charge in [0.25, 0.3) is 0 Å². The van der Waals surface area contributed by atoms with Crippen molar-refractivity contribution in [3.8, 4) is 0 Å². The van der Waals surface area contributed by atoms with Gasteiger partial charge in [-0.15, -0.1) is 0 Å². The predicted octanol–water partition coefficient (Wildman–Crippen LogP) is 3.76. The molecule has 1 unspecified atom stereocenters. The molecule has 84 valence electrons. The van der Waals surface area contributed by atoms with Gasteiger partial charge in [-0.1, -0.05) is 34.8 Å². The minimum Gasteiger partial charge on any atom is -0.492 e. The largest absolute Gasteiger partial charge is 0.492 e. The Bertz CT molecular complexity index is 494. The van der Waals surface area contributed by atoms with Gasteiger partial charge in [0.2, 0.25) is 5.78 Å². The van der Waals surface area contributed by atoms with E-state index in [9.17, 15) is 4.79 Å². The van der Waals surface area contributed by atoms with Crippen molar-refractivity contribution in [2.75, 3.05) is 7.11 Å². The van der Waals surface area contributed by atoms with Crippen LogP contribution in [0.25, 0.3) is 0 Å². The second kappa shape index (κ2) is 4.28. The molecule has 2 rings (SSSR count). The lowest BCUT2D eigenvalue weighted by molar-refractivity contribution is -0.121. The molecule has 0 bridgehead atoms. The van der Waals surface area contributed by atoms with Crippen LogP contribution < -0.4 is 0 Å². The predicted molar refractivity (Wildman–Crippen MR) is 64.1 cm³/mol. The molecule has 2 nitrogen and oxygen atoms in total. The zero-order chi connectivity index (χ0) is 11.9. The lowest BCUT2D eigenvalue weighted by Gasteiger charge is -2.27. The summed E-state index contributed by atoms with van der Waals surface area (Å²) in [5.41, 5.74) is 0.616. The number of benzene rings is 1. The number of rotatable bonds is 2. The fourth-order valence-corrected chi connectivity index (χ4v) is 2.42. The number of hydrogen-bond acceptors (Lipinski definition) is 2. The molecule has 1 aromatic carbocycles. The highest BCUT2D eigenvalue weighted by Gasteiger charge is 2.41. The first-order valence-corrected chi connectivity index (χ1v) is 5.62. The van der Waals surface area contributed by atoms with Crippen LogP contribution in [0.5, 0.6) is 0 Å². The molecule has 16 heavy (non-hydrogen) atoms. The van der Waals surface area contributed by atoms with E-state index in [1.54, 1.807) is 18.2 Å². The summed E-state index contributed by atoms with van der Waals surface area (Å²) in [5, 5.41) is 1.36. The van der Waals surface area contributed by atoms with Crippen molar-refractivity contribution in [3.05, 3.63) is 44.6 Å². The molecule has 0 N–H and O–H groups in total. The van der Waals surface area contributed by atoms with Gasteiger partial charge in [-0.05, 0) is 23.8 Å². The fraction of sp³-hybridized carbons (Fsp3) is 0.182. The maximum Gasteiger partial charge on any atom is 0.211 e. The van der Waals surface area contributed by atoms with E-state index in [4.69, 9.17) is 39.5 Å². The van der Waals surface area contributed by atoms with Gasteiger partial charge in [-0.25, -0.2) is 0 Å². The highest BCUT2D eigenvalue weighted by Crippen LogP contribution is 2.44. The minimum absolute atomic E-state index is 0.170. The molecule has 0 fully saturated rings. The van der Waals surface area contributed by atoms with E-state index in [0.29, 0.717) is 20.6 Å². The summed E-state index contributed by atoms with van der Waals surface area (Å²) >= 11 is 17.8. The molecule has 5 heteroatoms. The van der Waals surface area contributed by atoms with Crippen LogP contribution in [0.3, 0.4) is 0 Å². The summed E-state index contributed by atoms with van der Waals surface area (Å²) in [5.74, 6) is -0.512. The third-order valence-electron chi connectivity index (χ3n) is 2.43. The average Bonchev–Trinajstić information content (AvgIpc) is 2.24. The van der Waals surface area contributed by atoms with Crippen molar-refractivity contribution in [1.29, 1.82) is 0 Å². The molecule has 0 heterocycles. The minimum atomic E-state index is -0.539. The van der Waals surface area contributed by atoms with E-state index in [0.717, 1.165) is 0 Å². The number of halogens is 3. The van der Waals surface area contributed by atoms with Crippen molar-refractivity contribution < 1.29 is 9.53 Å². The van der Waals surface area contributed by atoms with Gasteiger partial charge >= 0.3 is 0 Å². The quantitative estimate of drug-likeness (QED) is 0.823. The number of hydrogen-bond donors (Lipinski definition) is 0. The van der Waals surface area contributed by atoms with E-state index in [2.05, 4.69) is 0 Å². The molecule has 0 saturated carbocycles. The molecule has 0 aromatic heterocycles. The molecule has 0 aliphatic heterocycles. The summed E-state index contributed by atoms with van der Waals surface area (Å²) in [6, 6.07) is 4.94. The number of ketones is 1. The lowest BCUT2D eigenvalue weighted by atomic mass is 9.84. The Morgan fingerprint density at radius 3 is 2.50 bits per heavy atom. The Labute approximate surface area is 108 Å². The smallest absolute Gasteiger partial charge is 0.211 e. The van der Waals surface area contributed by atoms with Gasteiger partial charge in [-0.2, -0.15) is 0 Å². The number of carbonyl (C=O) groups excluding carboxylic acids is 1. The maximum atomic E-state index is 11.7. The zero-order valence-electron chi connectivity index (χ0n) is 8.26. The second-order valence-corrected chi connectivity index (χ2v) is 4.60. The Kier molecular flexibility index (Phi) is 3.15. The third kappa shape index (κ3) is 1.71. The fourth-order valence-electron chi connectivity index (χ4n) is 1.63. The number of methoxy groups -OCH3 is 1. The van der Waals surface area contributed by atoms with E-state index in [1.807, 2.05) is 0 Å². The molecule has 1 atom stereocenters. The molecular weight excluding hydrogens is 270 g/mol. The van der Waals surface area contributed by atoms with Gasteiger partial charge in [-0.3, -0.25) is 4.79 Å². The van der Waals surface area contributed by atoms with Crippen molar-refractivity contribution >= 4 is 40.6 Å². The van der Waals surface area contributed by atoms with Crippen molar-refractivity contribution in [2.45, 2.75) is 5.92 Å². The van der Waals surface area contributed by atoms with E-state index < -0.39 is 5.92 Å².